The van der Waals surface area contributed by atoms with E-state index < -0.39 is 0 Å². The summed E-state index contributed by atoms with van der Waals surface area (Å²) in [6, 6.07) is 23.5. The van der Waals surface area contributed by atoms with Gasteiger partial charge in [0.25, 0.3) is 0 Å². The Morgan fingerprint density at radius 3 is 0.567 bits per heavy atom. The molecular formula is C60H32. The van der Waals surface area contributed by atoms with Gasteiger partial charge in [0.2, 0.25) is 0 Å². The van der Waals surface area contributed by atoms with Gasteiger partial charge in [0.05, 0.1) is 0 Å². The predicted octanol–water partition coefficient (Wildman–Crippen LogP) is 5.52. The number of benzene rings is 5. The Morgan fingerprint density at radius 1 is 0.167 bits per heavy atom. The molecule has 0 heterocycles. The minimum Gasteiger partial charge on any atom is -0.0610 e. The van der Waals surface area contributed by atoms with Gasteiger partial charge in [0, 0.05) is 0 Å². The van der Waals surface area contributed by atoms with Gasteiger partial charge in [-0.1, -0.05) is 36.5 Å². The fraction of sp³-hybridized carbons (Fsp3) is 0. The molecule has 10 aliphatic carbocycles. The highest BCUT2D eigenvalue weighted by molar-refractivity contribution is 5.97. The first-order chi connectivity index (χ1) is 29.5. The predicted molar refractivity (Wildman–Crippen MR) is 255 cm³/mol. The molecule has 0 unspecified atom stereocenters. The molecule has 0 radical (unpaired) electrons. The summed E-state index contributed by atoms with van der Waals surface area (Å²) < 4.78 is 0. The van der Waals surface area contributed by atoms with Crippen LogP contribution in [-0.4, -0.2) is 0 Å². The van der Waals surface area contributed by atoms with Gasteiger partial charge in [0.15, 0.2) is 0 Å². The van der Waals surface area contributed by atoms with Crippen molar-refractivity contribution in [3.8, 4) is 0 Å². The Kier molecular flexibility index (Phi) is 5.74. The van der Waals surface area contributed by atoms with E-state index in [1.807, 2.05) is 0 Å². The average molecular weight is 753 g/mol. The van der Waals surface area contributed by atoms with Gasteiger partial charge in [0.1, 0.15) is 0 Å². The minimum absolute atomic E-state index is 1.28. The van der Waals surface area contributed by atoms with E-state index in [0.29, 0.717) is 0 Å². The molecule has 0 aromatic heterocycles. The molecule has 0 bridgehead atoms. The van der Waals surface area contributed by atoms with Crippen LogP contribution >= 0.6 is 0 Å². The third-order valence-corrected chi connectivity index (χ3v) is 13.9. The molecular weight excluding hydrogens is 721 g/mol. The molecule has 0 heteroatoms. The second-order valence-corrected chi connectivity index (χ2v) is 17.6. The standard InChI is InChI=1S/C60H32/c1-3-33-7-37-11-41(12-38(37)8-34(33)4-1)43-15-45-19-49-23-53(24-50(49)20-46(45)16-43)55-27-57-31-59-29-56(30-60(59)32-58(57)28-55)54-25-51-21-47-17-44(18-48(47)22-52(51)26-54)42-13-39-9-35-5-2-6-36(35)10-40(39)14-42/h1-32H. The third kappa shape index (κ3) is 4.51. The smallest absolute Gasteiger partial charge is 0.0171 e. The molecule has 5 aromatic rings. The second-order valence-electron chi connectivity index (χ2n) is 17.6. The lowest BCUT2D eigenvalue weighted by molar-refractivity contribution is 1.51. The van der Waals surface area contributed by atoms with Crippen LogP contribution < -0.4 is 52.2 Å². The van der Waals surface area contributed by atoms with E-state index in [0.717, 1.165) is 0 Å². The van der Waals surface area contributed by atoms with Crippen LogP contribution in [0.3, 0.4) is 0 Å². The molecule has 5 aromatic carbocycles. The summed E-state index contributed by atoms with van der Waals surface area (Å²) >= 11 is 0. The highest BCUT2D eigenvalue weighted by atomic mass is 14.2. The average Bonchev–Trinajstić information content (AvgIpc) is 4.07. The molecule has 0 fully saturated rings. The van der Waals surface area contributed by atoms with E-state index in [1.165, 1.54) is 152 Å². The van der Waals surface area contributed by atoms with Crippen molar-refractivity contribution in [1.82, 2.24) is 0 Å². The maximum absolute atomic E-state index is 2.37. The van der Waals surface area contributed by atoms with Crippen LogP contribution in [0, 0.1) is 0 Å². The van der Waals surface area contributed by atoms with E-state index in [-0.39, 0.29) is 0 Å². The van der Waals surface area contributed by atoms with Crippen molar-refractivity contribution in [1.29, 1.82) is 0 Å². The Bertz CT molecular complexity index is 3890. The number of allylic oxidation sites excluding steroid dienone is 10. The summed E-state index contributed by atoms with van der Waals surface area (Å²) in [4.78, 5) is 0. The lowest BCUT2D eigenvalue weighted by atomic mass is 10.1. The lowest BCUT2D eigenvalue weighted by Gasteiger charge is -1.96. The lowest BCUT2D eigenvalue weighted by Crippen LogP contribution is -2.12. The molecule has 60 heavy (non-hydrogen) atoms. The van der Waals surface area contributed by atoms with Crippen LogP contribution in [0.5, 0.6) is 0 Å². The number of fused-ring (bicyclic) bond motifs is 10. The zero-order chi connectivity index (χ0) is 38.8. The maximum atomic E-state index is 2.37. The van der Waals surface area contributed by atoms with Crippen LogP contribution in [0.4, 0.5) is 0 Å². The van der Waals surface area contributed by atoms with Crippen LogP contribution in [0.25, 0.3) is 122 Å². The molecule has 0 nitrogen and oxygen atoms in total. The van der Waals surface area contributed by atoms with Crippen molar-refractivity contribution in [2.45, 2.75) is 0 Å². The number of hydrogen-bond acceptors (Lipinski definition) is 0. The Hall–Kier alpha value is -7.80. The van der Waals surface area contributed by atoms with E-state index in [4.69, 9.17) is 0 Å². The zero-order valence-electron chi connectivity index (χ0n) is 32.5. The monoisotopic (exact) mass is 752 g/mol. The Labute approximate surface area is 345 Å². The Morgan fingerprint density at radius 2 is 0.350 bits per heavy atom. The fourth-order valence-corrected chi connectivity index (χ4v) is 10.8. The quantitative estimate of drug-likeness (QED) is 0.227. The summed E-state index contributed by atoms with van der Waals surface area (Å²) in [5, 5.41) is 13.0. The normalized spacial score (nSPS) is 18.0. The zero-order valence-corrected chi connectivity index (χ0v) is 32.5. The Balaban J connectivity index is 0.675. The molecule has 0 amide bonds. The number of hydrogen-bond donors (Lipinski definition) is 0. The van der Waals surface area contributed by atoms with Gasteiger partial charge in [-0.25, -0.2) is 0 Å². The fourth-order valence-electron chi connectivity index (χ4n) is 10.8. The number of rotatable bonds is 4. The first-order valence-corrected chi connectivity index (χ1v) is 21.0. The van der Waals surface area contributed by atoms with Crippen LogP contribution in [0.1, 0.15) is 55.6 Å². The first-order valence-electron chi connectivity index (χ1n) is 21.0. The minimum atomic E-state index is 1.28. The summed E-state index contributed by atoms with van der Waals surface area (Å²) in [5.74, 6) is 0. The molecule has 0 saturated carbocycles. The van der Waals surface area contributed by atoms with Crippen molar-refractivity contribution >= 4 is 122 Å². The van der Waals surface area contributed by atoms with Crippen molar-refractivity contribution in [3.63, 3.8) is 0 Å². The highest BCUT2D eigenvalue weighted by Crippen LogP contribution is 2.31. The van der Waals surface area contributed by atoms with Crippen molar-refractivity contribution in [3.05, 3.63) is 225 Å². The van der Waals surface area contributed by atoms with Gasteiger partial charge >= 0.3 is 0 Å². The van der Waals surface area contributed by atoms with Gasteiger partial charge < -0.3 is 0 Å². The van der Waals surface area contributed by atoms with E-state index in [2.05, 4.69) is 194 Å². The molecule has 0 saturated heterocycles. The van der Waals surface area contributed by atoms with Crippen molar-refractivity contribution in [2.75, 3.05) is 0 Å². The van der Waals surface area contributed by atoms with Crippen LogP contribution in [0.15, 0.2) is 117 Å². The largest absolute Gasteiger partial charge is 0.0610 e. The summed E-state index contributed by atoms with van der Waals surface area (Å²) in [5.41, 5.74) is 23.3. The van der Waals surface area contributed by atoms with Gasteiger partial charge in [-0.3, -0.25) is 0 Å². The molecule has 10 aliphatic rings. The molecule has 0 aliphatic heterocycles. The summed E-state index contributed by atoms with van der Waals surface area (Å²) in [6.45, 7) is 0. The summed E-state index contributed by atoms with van der Waals surface area (Å²) in [7, 11) is 0. The SMILES string of the molecule is C1=Cc2cc3c(cc2=C1)C=C(C1=Cc2cc4c(cc2=C1)C=C(C1=Cc2cc5c(cc2=C1)C=C(C1=Cc2cc6c(cc2=C1)C=C(C1=Cc2cc7c(cc2=C1)C=CC=7)C=6)C=5)C=4)C=3. The van der Waals surface area contributed by atoms with E-state index in [1.54, 1.807) is 0 Å². The van der Waals surface area contributed by atoms with Crippen LogP contribution in [0.2, 0.25) is 0 Å². The molecule has 272 valence electrons. The molecule has 0 N–H and O–H groups in total. The second kappa shape index (κ2) is 11.0. The molecule has 0 atom stereocenters. The van der Waals surface area contributed by atoms with Crippen molar-refractivity contribution in [2.24, 2.45) is 0 Å². The van der Waals surface area contributed by atoms with E-state index >= 15 is 0 Å². The van der Waals surface area contributed by atoms with Crippen molar-refractivity contribution < 1.29 is 0 Å². The summed E-state index contributed by atoms with van der Waals surface area (Å²) in [6.07, 6.45) is 50.8. The first kappa shape index (κ1) is 31.2. The highest BCUT2D eigenvalue weighted by Gasteiger charge is 2.20. The van der Waals surface area contributed by atoms with Gasteiger partial charge in [-0.05, 0) is 310 Å². The van der Waals surface area contributed by atoms with Crippen LogP contribution in [-0.2, 0) is 0 Å². The molecule has 15 rings (SSSR count). The van der Waals surface area contributed by atoms with Gasteiger partial charge in [-0.15, -0.1) is 0 Å². The van der Waals surface area contributed by atoms with Gasteiger partial charge in [-0.2, -0.15) is 0 Å². The maximum Gasteiger partial charge on any atom is -0.0171 e. The topological polar surface area (TPSA) is 0 Å². The third-order valence-electron chi connectivity index (χ3n) is 13.9. The molecule has 0 spiro atoms. The van der Waals surface area contributed by atoms with E-state index in [9.17, 15) is 0 Å².